The number of para-hydroxylation sites is 1. The molecule has 0 saturated carbocycles. The van der Waals surface area contributed by atoms with E-state index in [-0.39, 0.29) is 4.90 Å². The fourth-order valence-corrected chi connectivity index (χ4v) is 2.85. The van der Waals surface area contributed by atoms with E-state index in [9.17, 15) is 8.42 Å². The molecule has 108 valence electrons. The molecule has 2 N–H and O–H groups in total. The lowest BCUT2D eigenvalue weighted by Crippen LogP contribution is -2.20. The Labute approximate surface area is 119 Å². The molecule has 0 aliphatic carbocycles. The van der Waals surface area contributed by atoms with Crippen LogP contribution in [-0.4, -0.2) is 20.0 Å². The van der Waals surface area contributed by atoms with Crippen LogP contribution in [0.1, 0.15) is 12.5 Å². The second-order valence-corrected chi connectivity index (χ2v) is 6.26. The van der Waals surface area contributed by atoms with Gasteiger partial charge in [0.05, 0.1) is 5.69 Å². The van der Waals surface area contributed by atoms with Crippen LogP contribution >= 0.6 is 0 Å². The zero-order chi connectivity index (χ0) is 14.6. The highest BCUT2D eigenvalue weighted by atomic mass is 32.2. The molecule has 0 aliphatic rings. The molecule has 0 radical (unpaired) electrons. The number of nitrogens with zero attached hydrogens (tertiary/aromatic N) is 1. The van der Waals surface area contributed by atoms with Gasteiger partial charge in [-0.3, -0.25) is 0 Å². The van der Waals surface area contributed by atoms with Gasteiger partial charge in [0.1, 0.15) is 4.90 Å². The first-order valence-electron chi connectivity index (χ1n) is 6.48. The molecular weight excluding hydrogens is 274 g/mol. The van der Waals surface area contributed by atoms with E-state index in [1.807, 2.05) is 24.5 Å². The highest BCUT2D eigenvalue weighted by molar-refractivity contribution is 7.89. The Bertz CT molecular complexity index is 677. The lowest BCUT2D eigenvalue weighted by atomic mass is 10.3. The molecule has 0 amide bonds. The summed E-state index contributed by atoms with van der Waals surface area (Å²) in [6.07, 6.45) is 4.05. The van der Waals surface area contributed by atoms with Crippen molar-refractivity contribution in [2.75, 3.05) is 12.4 Å². The van der Waals surface area contributed by atoms with Crippen molar-refractivity contribution in [2.45, 2.75) is 24.9 Å². The average molecular weight is 293 g/mol. The second kappa shape index (κ2) is 6.11. The monoisotopic (exact) mass is 293 g/mol. The van der Waals surface area contributed by atoms with E-state index < -0.39 is 10.0 Å². The van der Waals surface area contributed by atoms with E-state index in [1.54, 1.807) is 18.2 Å². The first-order chi connectivity index (χ1) is 9.56. The summed E-state index contributed by atoms with van der Waals surface area (Å²) in [5.74, 6) is 0. The Morgan fingerprint density at radius 3 is 2.60 bits per heavy atom. The number of anilines is 1. The van der Waals surface area contributed by atoms with E-state index >= 15 is 0 Å². The van der Waals surface area contributed by atoms with Gasteiger partial charge in [-0.05, 0) is 37.7 Å². The van der Waals surface area contributed by atoms with Gasteiger partial charge in [-0.25, -0.2) is 13.1 Å². The summed E-state index contributed by atoms with van der Waals surface area (Å²) in [5, 5.41) is 3.17. The molecule has 2 aromatic rings. The molecule has 2 rings (SSSR count). The summed E-state index contributed by atoms with van der Waals surface area (Å²) in [4.78, 5) is 0.262. The molecule has 0 unspecified atom stereocenters. The van der Waals surface area contributed by atoms with Crippen LogP contribution in [0.2, 0.25) is 0 Å². The van der Waals surface area contributed by atoms with Crippen molar-refractivity contribution in [3.8, 4) is 0 Å². The van der Waals surface area contributed by atoms with E-state index in [0.29, 0.717) is 12.2 Å². The SMILES string of the molecule is CCn1ccc(CNc2ccccc2S(=O)(=O)NC)c1. The molecule has 5 nitrogen and oxygen atoms in total. The number of hydrogen-bond acceptors (Lipinski definition) is 3. The molecule has 0 atom stereocenters. The van der Waals surface area contributed by atoms with Crippen LogP contribution in [0, 0.1) is 0 Å². The van der Waals surface area contributed by atoms with Crippen molar-refractivity contribution >= 4 is 15.7 Å². The molecule has 0 spiro atoms. The van der Waals surface area contributed by atoms with Crippen LogP contribution < -0.4 is 10.0 Å². The van der Waals surface area contributed by atoms with E-state index in [0.717, 1.165) is 12.1 Å². The standard InChI is InChI=1S/C14H19N3O2S/c1-3-17-9-8-12(11-17)10-16-13-6-4-5-7-14(13)20(18,19)15-2/h4-9,11,15-16H,3,10H2,1-2H3. The first-order valence-corrected chi connectivity index (χ1v) is 7.96. The van der Waals surface area contributed by atoms with Gasteiger partial charge >= 0.3 is 0 Å². The molecule has 0 saturated heterocycles. The molecule has 0 fully saturated rings. The van der Waals surface area contributed by atoms with E-state index in [2.05, 4.69) is 21.5 Å². The quantitative estimate of drug-likeness (QED) is 0.856. The fourth-order valence-electron chi connectivity index (χ4n) is 1.95. The minimum atomic E-state index is -3.45. The Morgan fingerprint density at radius 2 is 1.95 bits per heavy atom. The van der Waals surface area contributed by atoms with E-state index in [4.69, 9.17) is 0 Å². The maximum absolute atomic E-state index is 11.9. The minimum Gasteiger partial charge on any atom is -0.380 e. The van der Waals surface area contributed by atoms with Crippen molar-refractivity contribution in [2.24, 2.45) is 0 Å². The number of nitrogens with one attached hydrogen (secondary N) is 2. The molecular formula is C14H19N3O2S. The van der Waals surface area contributed by atoms with Crippen LogP contribution in [0.5, 0.6) is 0 Å². The molecule has 0 aliphatic heterocycles. The largest absolute Gasteiger partial charge is 0.380 e. The number of aromatic nitrogens is 1. The molecule has 0 bridgehead atoms. The van der Waals surface area contributed by atoms with Gasteiger partial charge in [0.2, 0.25) is 10.0 Å². The number of benzene rings is 1. The Balaban J connectivity index is 2.18. The van der Waals surface area contributed by atoms with Crippen LogP contribution in [0.4, 0.5) is 5.69 Å². The van der Waals surface area contributed by atoms with Crippen molar-refractivity contribution in [1.82, 2.24) is 9.29 Å². The van der Waals surface area contributed by atoms with Gasteiger partial charge in [0, 0.05) is 25.5 Å². The van der Waals surface area contributed by atoms with Crippen LogP contribution in [0.25, 0.3) is 0 Å². The van der Waals surface area contributed by atoms with Crippen molar-refractivity contribution in [1.29, 1.82) is 0 Å². The number of sulfonamides is 1. The van der Waals surface area contributed by atoms with Gasteiger partial charge in [-0.1, -0.05) is 12.1 Å². The highest BCUT2D eigenvalue weighted by Gasteiger charge is 2.15. The Kier molecular flexibility index (Phi) is 4.46. The number of rotatable bonds is 6. The molecule has 1 aromatic heterocycles. The predicted octanol–water partition coefficient (Wildman–Crippen LogP) is 2.03. The van der Waals surface area contributed by atoms with Crippen LogP contribution in [-0.2, 0) is 23.1 Å². The second-order valence-electron chi connectivity index (χ2n) is 4.41. The summed E-state index contributed by atoms with van der Waals surface area (Å²) in [5.41, 5.74) is 1.72. The maximum atomic E-state index is 11.9. The lowest BCUT2D eigenvalue weighted by Gasteiger charge is -2.11. The van der Waals surface area contributed by atoms with E-state index in [1.165, 1.54) is 7.05 Å². The zero-order valence-electron chi connectivity index (χ0n) is 11.6. The maximum Gasteiger partial charge on any atom is 0.242 e. The molecule has 1 heterocycles. The minimum absolute atomic E-state index is 0.262. The molecule has 20 heavy (non-hydrogen) atoms. The first kappa shape index (κ1) is 14.6. The Morgan fingerprint density at radius 1 is 1.20 bits per heavy atom. The number of aryl methyl sites for hydroxylation is 1. The van der Waals surface area contributed by atoms with Gasteiger partial charge in [-0.15, -0.1) is 0 Å². The topological polar surface area (TPSA) is 63.1 Å². The lowest BCUT2D eigenvalue weighted by molar-refractivity contribution is 0.588. The Hall–Kier alpha value is -1.79. The third-order valence-electron chi connectivity index (χ3n) is 3.11. The van der Waals surface area contributed by atoms with Crippen molar-refractivity contribution < 1.29 is 8.42 Å². The number of hydrogen-bond donors (Lipinski definition) is 2. The summed E-state index contributed by atoms with van der Waals surface area (Å²) in [6.45, 7) is 3.58. The third-order valence-corrected chi connectivity index (χ3v) is 4.58. The van der Waals surface area contributed by atoms with Crippen LogP contribution in [0.3, 0.4) is 0 Å². The van der Waals surface area contributed by atoms with Gasteiger partial charge < -0.3 is 9.88 Å². The summed E-state index contributed by atoms with van der Waals surface area (Å²) >= 11 is 0. The van der Waals surface area contributed by atoms with Gasteiger partial charge in [-0.2, -0.15) is 0 Å². The highest BCUT2D eigenvalue weighted by Crippen LogP contribution is 2.21. The summed E-state index contributed by atoms with van der Waals surface area (Å²) in [7, 11) is -2.04. The summed E-state index contributed by atoms with van der Waals surface area (Å²) in [6, 6.07) is 8.90. The van der Waals surface area contributed by atoms with Gasteiger partial charge in [0.15, 0.2) is 0 Å². The van der Waals surface area contributed by atoms with Gasteiger partial charge in [0.25, 0.3) is 0 Å². The normalized spacial score (nSPS) is 11.5. The summed E-state index contributed by atoms with van der Waals surface area (Å²) < 4.78 is 28.3. The van der Waals surface area contributed by atoms with Crippen LogP contribution in [0.15, 0.2) is 47.6 Å². The smallest absolute Gasteiger partial charge is 0.242 e. The third kappa shape index (κ3) is 3.20. The molecule has 6 heteroatoms. The fraction of sp³-hybridized carbons (Fsp3) is 0.286. The predicted molar refractivity (Wildman–Crippen MR) is 80.1 cm³/mol. The van der Waals surface area contributed by atoms with Crippen molar-refractivity contribution in [3.63, 3.8) is 0 Å². The van der Waals surface area contributed by atoms with Crippen molar-refractivity contribution in [3.05, 3.63) is 48.3 Å². The zero-order valence-corrected chi connectivity index (χ0v) is 12.4. The average Bonchev–Trinajstić information content (AvgIpc) is 2.93. The molecule has 1 aromatic carbocycles.